The highest BCUT2D eigenvalue weighted by atomic mass is 32.1. The topological polar surface area (TPSA) is 43.9 Å². The van der Waals surface area contributed by atoms with E-state index in [1.807, 2.05) is 60.0 Å². The van der Waals surface area contributed by atoms with Gasteiger partial charge in [-0.05, 0) is 74.0 Å². The fourth-order valence-corrected chi connectivity index (χ4v) is 5.58. The minimum atomic E-state index is -0.254. The fourth-order valence-electron chi connectivity index (χ4n) is 4.81. The lowest BCUT2D eigenvalue weighted by molar-refractivity contribution is -0.120. The van der Waals surface area contributed by atoms with E-state index in [2.05, 4.69) is 29.7 Å². The standard InChI is InChI=1S/C27H27N3O2S/c1-3-28(4-2)20-13-15-21(16-14-20)30-26(31)24(23-12-8-18-33-23)25(27(30)32)29-17-7-10-19-9-5-6-11-22(19)29/h5-6,8-9,11-16,18H,3-4,7,10,17H2,1-2H3. The first-order chi connectivity index (χ1) is 16.1. The SMILES string of the molecule is CCN(CC)c1ccc(N2C(=O)C(c3cccs3)=C(N3CCCc4ccccc43)C2=O)cc1. The Morgan fingerprint density at radius 2 is 1.67 bits per heavy atom. The highest BCUT2D eigenvalue weighted by Crippen LogP contribution is 2.40. The van der Waals surface area contributed by atoms with E-state index in [4.69, 9.17) is 0 Å². The van der Waals surface area contributed by atoms with E-state index >= 15 is 0 Å². The monoisotopic (exact) mass is 457 g/mol. The van der Waals surface area contributed by atoms with Gasteiger partial charge < -0.3 is 9.80 Å². The number of nitrogens with zero attached hydrogens (tertiary/aromatic N) is 3. The molecule has 0 saturated heterocycles. The van der Waals surface area contributed by atoms with Crippen molar-refractivity contribution in [2.75, 3.05) is 34.3 Å². The molecule has 2 aromatic carbocycles. The summed E-state index contributed by atoms with van der Waals surface area (Å²) in [5.41, 5.74) is 4.91. The maximum atomic E-state index is 13.9. The second-order valence-electron chi connectivity index (χ2n) is 8.22. The Morgan fingerprint density at radius 3 is 2.36 bits per heavy atom. The van der Waals surface area contributed by atoms with E-state index < -0.39 is 0 Å². The molecule has 3 aromatic rings. The Hall–Kier alpha value is -3.38. The van der Waals surface area contributed by atoms with Crippen molar-refractivity contribution in [2.24, 2.45) is 0 Å². The third kappa shape index (κ3) is 3.64. The summed E-state index contributed by atoms with van der Waals surface area (Å²) in [6, 6.07) is 19.8. The predicted molar refractivity (Wildman–Crippen MR) is 136 cm³/mol. The van der Waals surface area contributed by atoms with Crippen molar-refractivity contribution in [1.82, 2.24) is 0 Å². The average molecular weight is 458 g/mol. The summed E-state index contributed by atoms with van der Waals surface area (Å²) in [7, 11) is 0. The van der Waals surface area contributed by atoms with E-state index in [1.54, 1.807) is 0 Å². The van der Waals surface area contributed by atoms with Gasteiger partial charge in [0.15, 0.2) is 0 Å². The van der Waals surface area contributed by atoms with Crippen LogP contribution in [0.25, 0.3) is 5.57 Å². The van der Waals surface area contributed by atoms with Gasteiger partial charge in [-0.3, -0.25) is 9.59 Å². The summed E-state index contributed by atoms with van der Waals surface area (Å²) in [6.07, 6.45) is 1.92. The first-order valence-electron chi connectivity index (χ1n) is 11.5. The number of carbonyl (C=O) groups excluding carboxylic acids is 2. The Kier molecular flexibility index (Phi) is 5.77. The van der Waals surface area contributed by atoms with Crippen molar-refractivity contribution >= 4 is 45.8 Å². The number of aryl methyl sites for hydroxylation is 1. The molecular weight excluding hydrogens is 430 g/mol. The van der Waals surface area contributed by atoms with E-state index in [0.717, 1.165) is 48.7 Å². The van der Waals surface area contributed by atoms with Crippen molar-refractivity contribution in [3.63, 3.8) is 0 Å². The Bertz CT molecular complexity index is 1210. The predicted octanol–water partition coefficient (Wildman–Crippen LogP) is 5.33. The summed E-state index contributed by atoms with van der Waals surface area (Å²) in [6.45, 7) is 6.75. The van der Waals surface area contributed by atoms with Crippen LogP contribution in [0.3, 0.4) is 0 Å². The highest BCUT2D eigenvalue weighted by molar-refractivity contribution is 7.11. The zero-order valence-electron chi connectivity index (χ0n) is 19.0. The van der Waals surface area contributed by atoms with Gasteiger partial charge in [-0.2, -0.15) is 0 Å². The molecule has 2 aliphatic heterocycles. The number of carbonyl (C=O) groups is 2. The maximum Gasteiger partial charge on any atom is 0.282 e. The molecule has 6 heteroatoms. The van der Waals surface area contributed by atoms with Crippen LogP contribution < -0.4 is 14.7 Å². The molecule has 33 heavy (non-hydrogen) atoms. The molecule has 2 aliphatic rings. The number of hydrogen-bond donors (Lipinski definition) is 0. The van der Waals surface area contributed by atoms with Gasteiger partial charge in [-0.15, -0.1) is 11.3 Å². The number of rotatable bonds is 6. The zero-order valence-corrected chi connectivity index (χ0v) is 19.8. The van der Waals surface area contributed by atoms with Crippen LogP contribution in [0.5, 0.6) is 0 Å². The fraction of sp³-hybridized carbons (Fsp3) is 0.259. The van der Waals surface area contributed by atoms with Gasteiger partial charge in [-0.1, -0.05) is 24.3 Å². The molecule has 3 heterocycles. The van der Waals surface area contributed by atoms with Crippen LogP contribution in [-0.4, -0.2) is 31.4 Å². The molecular formula is C27H27N3O2S. The van der Waals surface area contributed by atoms with Crippen molar-refractivity contribution in [2.45, 2.75) is 26.7 Å². The van der Waals surface area contributed by atoms with Crippen LogP contribution in [0.15, 0.2) is 71.7 Å². The van der Waals surface area contributed by atoms with Gasteiger partial charge in [-0.25, -0.2) is 4.90 Å². The molecule has 168 valence electrons. The molecule has 5 nitrogen and oxygen atoms in total. The number of fused-ring (bicyclic) bond motifs is 1. The lowest BCUT2D eigenvalue weighted by atomic mass is 10.00. The molecule has 5 rings (SSSR count). The minimum Gasteiger partial charge on any atom is -0.372 e. The smallest absolute Gasteiger partial charge is 0.282 e. The number of amides is 2. The first-order valence-corrected chi connectivity index (χ1v) is 12.4. The summed E-state index contributed by atoms with van der Waals surface area (Å²) in [5, 5.41) is 1.95. The normalized spacial score (nSPS) is 15.9. The van der Waals surface area contributed by atoms with E-state index in [1.165, 1.54) is 21.8 Å². The van der Waals surface area contributed by atoms with Crippen molar-refractivity contribution < 1.29 is 9.59 Å². The lowest BCUT2D eigenvalue weighted by Crippen LogP contribution is -2.37. The molecule has 0 unspecified atom stereocenters. The zero-order chi connectivity index (χ0) is 22.9. The first kappa shape index (κ1) is 21.5. The van der Waals surface area contributed by atoms with Gasteiger partial charge in [0.25, 0.3) is 11.8 Å². The molecule has 2 amide bonds. The van der Waals surface area contributed by atoms with Gasteiger partial charge in [0.05, 0.1) is 11.3 Å². The van der Waals surface area contributed by atoms with Crippen LogP contribution in [0.4, 0.5) is 17.1 Å². The van der Waals surface area contributed by atoms with Gasteiger partial charge in [0.2, 0.25) is 0 Å². The Balaban J connectivity index is 1.58. The van der Waals surface area contributed by atoms with Crippen LogP contribution >= 0.6 is 11.3 Å². The molecule has 0 N–H and O–H groups in total. The van der Waals surface area contributed by atoms with Crippen LogP contribution in [0, 0.1) is 0 Å². The number of para-hydroxylation sites is 1. The highest BCUT2D eigenvalue weighted by Gasteiger charge is 2.44. The van der Waals surface area contributed by atoms with Crippen molar-refractivity contribution in [3.8, 4) is 0 Å². The van der Waals surface area contributed by atoms with Crippen molar-refractivity contribution in [1.29, 1.82) is 0 Å². The molecule has 0 atom stereocenters. The van der Waals surface area contributed by atoms with Crippen LogP contribution in [0.2, 0.25) is 0 Å². The van der Waals surface area contributed by atoms with E-state index in [0.29, 0.717) is 17.0 Å². The quantitative estimate of drug-likeness (QED) is 0.469. The third-order valence-corrected chi connectivity index (χ3v) is 7.33. The Labute approximate surface area is 198 Å². The molecule has 0 spiro atoms. The number of imide groups is 1. The number of thiophene rings is 1. The number of hydrogen-bond acceptors (Lipinski definition) is 5. The summed E-state index contributed by atoms with van der Waals surface area (Å²) in [4.78, 5) is 34.1. The largest absolute Gasteiger partial charge is 0.372 e. The summed E-state index contributed by atoms with van der Waals surface area (Å²) in [5.74, 6) is -0.508. The van der Waals surface area contributed by atoms with Gasteiger partial charge in [0, 0.05) is 35.9 Å². The van der Waals surface area contributed by atoms with E-state index in [-0.39, 0.29) is 11.8 Å². The average Bonchev–Trinajstić information content (AvgIpc) is 3.46. The molecule has 0 bridgehead atoms. The molecule has 0 saturated carbocycles. The summed E-state index contributed by atoms with van der Waals surface area (Å²) >= 11 is 1.49. The third-order valence-electron chi connectivity index (χ3n) is 6.44. The number of benzene rings is 2. The minimum absolute atomic E-state index is 0.254. The second kappa shape index (κ2) is 8.87. The second-order valence-corrected chi connectivity index (χ2v) is 9.17. The molecule has 0 aliphatic carbocycles. The van der Waals surface area contributed by atoms with Crippen LogP contribution in [0.1, 0.15) is 30.7 Å². The molecule has 0 radical (unpaired) electrons. The Morgan fingerprint density at radius 1 is 0.909 bits per heavy atom. The van der Waals surface area contributed by atoms with E-state index in [9.17, 15) is 9.59 Å². The molecule has 1 aromatic heterocycles. The van der Waals surface area contributed by atoms with Gasteiger partial charge in [0.1, 0.15) is 5.70 Å². The number of anilines is 3. The summed E-state index contributed by atoms with van der Waals surface area (Å²) < 4.78 is 0. The van der Waals surface area contributed by atoms with Crippen molar-refractivity contribution in [3.05, 3.63) is 82.2 Å². The lowest BCUT2D eigenvalue weighted by Gasteiger charge is -2.32. The molecule has 0 fully saturated rings. The van der Waals surface area contributed by atoms with Gasteiger partial charge >= 0.3 is 0 Å². The maximum absolute atomic E-state index is 13.9. The van der Waals surface area contributed by atoms with Crippen LogP contribution in [-0.2, 0) is 16.0 Å².